The Morgan fingerprint density at radius 2 is 2.09 bits per heavy atom. The molecule has 0 aliphatic rings. The van der Waals surface area contributed by atoms with Crippen LogP contribution in [0.5, 0.6) is 0 Å². The van der Waals surface area contributed by atoms with E-state index in [1.54, 1.807) is 18.4 Å². The standard InChI is InChI=1S/C16H31N5OS/c1-7-22-14(8-9-21(5)6)10-18-16(17-4)19-11-15-12(2)20-13(3)23-15/h14H,7-11H2,1-6H3,(H2,17,18,19). The normalized spacial score (nSPS) is 13.4. The zero-order chi connectivity index (χ0) is 17.2. The van der Waals surface area contributed by atoms with Gasteiger partial charge in [-0.25, -0.2) is 4.98 Å². The third-order valence-corrected chi connectivity index (χ3v) is 4.51. The van der Waals surface area contributed by atoms with Crippen LogP contribution in [0.15, 0.2) is 4.99 Å². The molecule has 0 saturated carbocycles. The molecule has 23 heavy (non-hydrogen) atoms. The highest BCUT2D eigenvalue weighted by atomic mass is 32.1. The summed E-state index contributed by atoms with van der Waals surface area (Å²) in [7, 11) is 5.95. The predicted octanol–water partition coefficient (Wildman–Crippen LogP) is 1.78. The number of hydrogen-bond acceptors (Lipinski definition) is 5. The number of aromatic nitrogens is 1. The maximum Gasteiger partial charge on any atom is 0.191 e. The molecule has 132 valence electrons. The second-order valence-corrected chi connectivity index (χ2v) is 7.01. The maximum absolute atomic E-state index is 5.79. The van der Waals surface area contributed by atoms with Crippen molar-refractivity contribution in [2.24, 2.45) is 4.99 Å². The number of guanidine groups is 1. The molecule has 0 fully saturated rings. The second kappa shape index (κ2) is 10.6. The molecule has 1 rings (SSSR count). The topological polar surface area (TPSA) is 61.8 Å². The molecule has 0 aliphatic heterocycles. The van der Waals surface area contributed by atoms with Crippen molar-refractivity contribution in [3.8, 4) is 0 Å². The van der Waals surface area contributed by atoms with E-state index in [0.717, 1.165) is 49.3 Å². The van der Waals surface area contributed by atoms with E-state index in [1.807, 2.05) is 20.8 Å². The first-order chi connectivity index (χ1) is 11.0. The number of aliphatic imine (C=N–C) groups is 1. The van der Waals surface area contributed by atoms with E-state index in [1.165, 1.54) is 4.88 Å². The first kappa shape index (κ1) is 19.9. The average molecular weight is 342 g/mol. The number of aryl methyl sites for hydroxylation is 2. The van der Waals surface area contributed by atoms with Crippen LogP contribution in [0.2, 0.25) is 0 Å². The smallest absolute Gasteiger partial charge is 0.191 e. The molecule has 1 unspecified atom stereocenters. The molecule has 1 aromatic heterocycles. The van der Waals surface area contributed by atoms with E-state index in [9.17, 15) is 0 Å². The number of nitrogens with one attached hydrogen (secondary N) is 2. The number of hydrogen-bond donors (Lipinski definition) is 2. The predicted molar refractivity (Wildman–Crippen MR) is 98.4 cm³/mol. The molecule has 0 spiro atoms. The van der Waals surface area contributed by atoms with Gasteiger partial charge in [0.15, 0.2) is 5.96 Å². The second-order valence-electron chi connectivity index (χ2n) is 5.72. The Labute approximate surface area is 144 Å². The van der Waals surface area contributed by atoms with Gasteiger partial charge in [0, 0.05) is 31.6 Å². The number of nitrogens with zero attached hydrogens (tertiary/aromatic N) is 3. The highest BCUT2D eigenvalue weighted by molar-refractivity contribution is 7.11. The molecule has 0 bridgehead atoms. The van der Waals surface area contributed by atoms with Gasteiger partial charge in [-0.05, 0) is 41.3 Å². The molecule has 0 aromatic carbocycles. The lowest BCUT2D eigenvalue weighted by Crippen LogP contribution is -2.42. The minimum atomic E-state index is 0.188. The fraction of sp³-hybridized carbons (Fsp3) is 0.750. The molecule has 1 heterocycles. The van der Waals surface area contributed by atoms with Gasteiger partial charge >= 0.3 is 0 Å². The SMILES string of the molecule is CCOC(CCN(C)C)CNC(=NC)NCc1sc(C)nc1C. The van der Waals surface area contributed by atoms with Crippen LogP contribution in [-0.4, -0.2) is 62.8 Å². The molecule has 1 aromatic rings. The van der Waals surface area contributed by atoms with Crippen LogP contribution in [-0.2, 0) is 11.3 Å². The van der Waals surface area contributed by atoms with Crippen LogP contribution in [0.4, 0.5) is 0 Å². The van der Waals surface area contributed by atoms with Crippen molar-refractivity contribution in [1.29, 1.82) is 0 Å². The monoisotopic (exact) mass is 341 g/mol. The average Bonchev–Trinajstić information content (AvgIpc) is 2.82. The molecule has 1 atom stereocenters. The Kier molecular flexibility index (Phi) is 9.13. The van der Waals surface area contributed by atoms with Gasteiger partial charge < -0.3 is 20.3 Å². The summed E-state index contributed by atoms with van der Waals surface area (Å²) in [5.41, 5.74) is 1.09. The summed E-state index contributed by atoms with van der Waals surface area (Å²) in [5, 5.41) is 7.80. The Morgan fingerprint density at radius 1 is 1.35 bits per heavy atom. The van der Waals surface area contributed by atoms with Crippen LogP contribution in [0.25, 0.3) is 0 Å². The largest absolute Gasteiger partial charge is 0.377 e. The molecule has 0 amide bonds. The van der Waals surface area contributed by atoms with Crippen molar-refractivity contribution in [2.75, 3.05) is 40.8 Å². The lowest BCUT2D eigenvalue weighted by atomic mass is 10.2. The molecule has 0 saturated heterocycles. The van der Waals surface area contributed by atoms with Crippen molar-refractivity contribution in [2.45, 2.75) is 39.8 Å². The zero-order valence-corrected chi connectivity index (χ0v) is 16.1. The molecule has 6 nitrogen and oxygen atoms in total. The minimum Gasteiger partial charge on any atom is -0.377 e. The van der Waals surface area contributed by atoms with Gasteiger partial charge in [0.05, 0.1) is 23.4 Å². The lowest BCUT2D eigenvalue weighted by Gasteiger charge is -2.21. The van der Waals surface area contributed by atoms with Crippen molar-refractivity contribution >= 4 is 17.3 Å². The van der Waals surface area contributed by atoms with Crippen molar-refractivity contribution in [3.63, 3.8) is 0 Å². The van der Waals surface area contributed by atoms with Crippen molar-refractivity contribution in [1.82, 2.24) is 20.5 Å². The minimum absolute atomic E-state index is 0.188. The summed E-state index contributed by atoms with van der Waals surface area (Å²) >= 11 is 1.72. The molecule has 0 aliphatic carbocycles. The zero-order valence-electron chi connectivity index (χ0n) is 15.3. The van der Waals surface area contributed by atoms with Gasteiger partial charge in [-0.2, -0.15) is 0 Å². The van der Waals surface area contributed by atoms with Crippen molar-refractivity contribution < 1.29 is 4.74 Å². The van der Waals surface area contributed by atoms with E-state index in [0.29, 0.717) is 0 Å². The molecule has 2 N–H and O–H groups in total. The van der Waals surface area contributed by atoms with Gasteiger partial charge in [0.1, 0.15) is 0 Å². The summed E-state index contributed by atoms with van der Waals surface area (Å²) < 4.78 is 5.79. The highest BCUT2D eigenvalue weighted by Crippen LogP contribution is 2.16. The first-order valence-corrected chi connectivity index (χ1v) is 8.91. The third-order valence-electron chi connectivity index (χ3n) is 3.44. The summed E-state index contributed by atoms with van der Waals surface area (Å²) in [5.74, 6) is 0.796. The summed E-state index contributed by atoms with van der Waals surface area (Å²) in [6.07, 6.45) is 1.19. The summed E-state index contributed by atoms with van der Waals surface area (Å²) in [6.45, 7) is 9.35. The van der Waals surface area contributed by atoms with E-state index in [-0.39, 0.29) is 6.10 Å². The van der Waals surface area contributed by atoms with Crippen LogP contribution in [0.3, 0.4) is 0 Å². The van der Waals surface area contributed by atoms with Gasteiger partial charge in [-0.1, -0.05) is 0 Å². The van der Waals surface area contributed by atoms with E-state index < -0.39 is 0 Å². The van der Waals surface area contributed by atoms with Crippen molar-refractivity contribution in [3.05, 3.63) is 15.6 Å². The number of ether oxygens (including phenoxy) is 1. The molecular formula is C16H31N5OS. The maximum atomic E-state index is 5.79. The van der Waals surface area contributed by atoms with Gasteiger partial charge in [-0.3, -0.25) is 4.99 Å². The Morgan fingerprint density at radius 3 is 2.61 bits per heavy atom. The van der Waals surface area contributed by atoms with E-state index in [4.69, 9.17) is 4.74 Å². The Bertz CT molecular complexity index is 487. The number of rotatable bonds is 9. The molecule has 7 heteroatoms. The van der Waals surface area contributed by atoms with E-state index >= 15 is 0 Å². The number of thiazole rings is 1. The third kappa shape index (κ3) is 7.76. The van der Waals surface area contributed by atoms with Crippen LogP contribution in [0.1, 0.15) is 28.9 Å². The lowest BCUT2D eigenvalue weighted by molar-refractivity contribution is 0.0548. The van der Waals surface area contributed by atoms with Gasteiger partial charge in [0.25, 0.3) is 0 Å². The summed E-state index contributed by atoms with van der Waals surface area (Å²) in [6, 6.07) is 0. The quantitative estimate of drug-likeness (QED) is 0.530. The van der Waals surface area contributed by atoms with Crippen LogP contribution >= 0.6 is 11.3 Å². The summed E-state index contributed by atoms with van der Waals surface area (Å²) in [4.78, 5) is 12.2. The fourth-order valence-corrected chi connectivity index (χ4v) is 3.09. The first-order valence-electron chi connectivity index (χ1n) is 8.10. The Hall–Kier alpha value is -1.18. The molecular weight excluding hydrogens is 310 g/mol. The van der Waals surface area contributed by atoms with E-state index in [2.05, 4.69) is 39.6 Å². The Balaban J connectivity index is 2.43. The van der Waals surface area contributed by atoms with Gasteiger partial charge in [0.2, 0.25) is 0 Å². The van der Waals surface area contributed by atoms with Crippen LogP contribution < -0.4 is 10.6 Å². The highest BCUT2D eigenvalue weighted by Gasteiger charge is 2.11. The van der Waals surface area contributed by atoms with Gasteiger partial charge in [-0.15, -0.1) is 11.3 Å². The fourth-order valence-electron chi connectivity index (χ4n) is 2.21. The molecule has 0 radical (unpaired) electrons. The van der Waals surface area contributed by atoms with Crippen LogP contribution in [0, 0.1) is 13.8 Å².